The van der Waals surface area contributed by atoms with Crippen LogP contribution in [0.4, 0.5) is 4.39 Å². The van der Waals surface area contributed by atoms with Gasteiger partial charge in [0.25, 0.3) is 0 Å². The van der Waals surface area contributed by atoms with Gasteiger partial charge in [-0.3, -0.25) is 4.79 Å². The molecule has 1 aromatic heterocycles. The van der Waals surface area contributed by atoms with Gasteiger partial charge in [0, 0.05) is 23.7 Å². The van der Waals surface area contributed by atoms with Gasteiger partial charge in [0.15, 0.2) is 0 Å². The Morgan fingerprint density at radius 3 is 2.65 bits per heavy atom. The molecule has 0 aliphatic rings. The van der Waals surface area contributed by atoms with Gasteiger partial charge in [-0.1, -0.05) is 18.2 Å². The molecule has 1 heterocycles. The van der Waals surface area contributed by atoms with E-state index in [2.05, 4.69) is 10.3 Å². The largest absolute Gasteiger partial charge is 0.508 e. The van der Waals surface area contributed by atoms with Gasteiger partial charge >= 0.3 is 0 Å². The molecule has 0 radical (unpaired) electrons. The summed E-state index contributed by atoms with van der Waals surface area (Å²) >= 11 is 0. The lowest BCUT2D eigenvalue weighted by atomic mass is 10.0. The van der Waals surface area contributed by atoms with Gasteiger partial charge in [0.05, 0.1) is 5.52 Å². The van der Waals surface area contributed by atoms with Crippen LogP contribution >= 0.6 is 0 Å². The second kappa shape index (κ2) is 7.44. The fourth-order valence-electron chi connectivity index (χ4n) is 3.08. The van der Waals surface area contributed by atoms with Crippen LogP contribution in [0.15, 0.2) is 42.5 Å². The number of carbonyl (C=O) groups is 1. The number of aromatic amines is 1. The van der Waals surface area contributed by atoms with Crippen LogP contribution in [0.1, 0.15) is 22.4 Å². The normalized spacial score (nSPS) is 11.3. The summed E-state index contributed by atoms with van der Waals surface area (Å²) in [5.41, 5.74) is 4.31. The van der Waals surface area contributed by atoms with Gasteiger partial charge in [-0.15, -0.1) is 0 Å². The molecule has 4 nitrogen and oxygen atoms in total. The summed E-state index contributed by atoms with van der Waals surface area (Å²) in [6.07, 6.45) is 3.76. The lowest BCUT2D eigenvalue weighted by Crippen LogP contribution is -2.23. The monoisotopic (exact) mass is 352 g/mol. The van der Waals surface area contributed by atoms with Gasteiger partial charge < -0.3 is 15.4 Å². The van der Waals surface area contributed by atoms with Crippen molar-refractivity contribution in [2.45, 2.75) is 20.3 Å². The Labute approximate surface area is 151 Å². The predicted octanol–water partition coefficient (Wildman–Crippen LogP) is 4.00. The fourth-order valence-corrected chi connectivity index (χ4v) is 3.08. The Morgan fingerprint density at radius 2 is 1.92 bits per heavy atom. The van der Waals surface area contributed by atoms with E-state index in [1.807, 2.05) is 13.8 Å². The number of halogens is 1. The maximum absolute atomic E-state index is 14.0. The lowest BCUT2D eigenvalue weighted by molar-refractivity contribution is -0.116. The van der Waals surface area contributed by atoms with E-state index in [1.165, 1.54) is 12.1 Å². The van der Waals surface area contributed by atoms with E-state index >= 15 is 0 Å². The number of rotatable bonds is 5. The first-order valence-corrected chi connectivity index (χ1v) is 8.47. The van der Waals surface area contributed by atoms with Gasteiger partial charge in [-0.25, -0.2) is 4.39 Å². The van der Waals surface area contributed by atoms with Gasteiger partial charge in [0.1, 0.15) is 11.6 Å². The van der Waals surface area contributed by atoms with E-state index < -0.39 is 0 Å². The van der Waals surface area contributed by atoms with Crippen LogP contribution in [0, 0.1) is 19.7 Å². The number of H-pyrrole nitrogens is 1. The number of benzene rings is 2. The highest BCUT2D eigenvalue weighted by molar-refractivity contribution is 5.92. The molecule has 0 atom stereocenters. The Kier molecular flexibility index (Phi) is 5.07. The Morgan fingerprint density at radius 1 is 1.19 bits per heavy atom. The number of phenols is 1. The molecule has 26 heavy (non-hydrogen) atoms. The van der Waals surface area contributed by atoms with Crippen LogP contribution < -0.4 is 5.32 Å². The zero-order valence-corrected chi connectivity index (χ0v) is 14.8. The third kappa shape index (κ3) is 3.77. The SMILES string of the molecule is Cc1[nH]c2c(F)ccc(C)c2c1CCNC(=O)/C=C/c1ccc(O)cc1. The minimum absolute atomic E-state index is 0.187. The maximum atomic E-state index is 14.0. The number of hydrogen-bond donors (Lipinski definition) is 3. The van der Waals surface area contributed by atoms with Crippen molar-refractivity contribution in [3.63, 3.8) is 0 Å². The molecule has 5 heteroatoms. The van der Waals surface area contributed by atoms with Gasteiger partial charge in [-0.05, 0) is 61.2 Å². The van der Waals surface area contributed by atoms with Crippen molar-refractivity contribution in [3.8, 4) is 5.75 Å². The zero-order chi connectivity index (χ0) is 18.7. The second-order valence-corrected chi connectivity index (χ2v) is 6.31. The van der Waals surface area contributed by atoms with Crippen LogP contribution in [0.25, 0.3) is 17.0 Å². The molecular weight excluding hydrogens is 331 g/mol. The minimum Gasteiger partial charge on any atom is -0.508 e. The van der Waals surface area contributed by atoms with E-state index in [1.54, 1.807) is 36.4 Å². The van der Waals surface area contributed by atoms with E-state index in [0.717, 1.165) is 27.8 Å². The summed E-state index contributed by atoms with van der Waals surface area (Å²) in [4.78, 5) is 15.1. The quantitative estimate of drug-likeness (QED) is 0.608. The molecule has 134 valence electrons. The number of amides is 1. The molecule has 1 amide bonds. The van der Waals surface area contributed by atoms with Crippen LogP contribution in [-0.4, -0.2) is 22.5 Å². The third-order valence-electron chi connectivity index (χ3n) is 4.42. The molecule has 0 saturated heterocycles. The standard InChI is InChI=1S/C21H21FN2O2/c1-13-3-9-18(22)21-20(13)17(14(2)24-21)11-12-23-19(26)10-6-15-4-7-16(25)8-5-15/h3-10,24-25H,11-12H2,1-2H3,(H,23,26)/b10-6+. The molecule has 0 saturated carbocycles. The Balaban J connectivity index is 1.64. The van der Waals surface area contributed by atoms with Crippen molar-refractivity contribution >= 4 is 22.9 Å². The zero-order valence-electron chi connectivity index (χ0n) is 14.8. The summed E-state index contributed by atoms with van der Waals surface area (Å²) in [7, 11) is 0. The topological polar surface area (TPSA) is 65.1 Å². The lowest BCUT2D eigenvalue weighted by Gasteiger charge is -2.05. The summed E-state index contributed by atoms with van der Waals surface area (Å²) in [5.74, 6) is -0.272. The Hall–Kier alpha value is -3.08. The van der Waals surface area contributed by atoms with Crippen LogP contribution in [0.2, 0.25) is 0 Å². The van der Waals surface area contributed by atoms with E-state index in [9.17, 15) is 14.3 Å². The molecular formula is C21H21FN2O2. The predicted molar refractivity (Wildman–Crippen MR) is 102 cm³/mol. The first-order chi connectivity index (χ1) is 12.5. The van der Waals surface area contributed by atoms with Crippen molar-refractivity contribution in [1.29, 1.82) is 0 Å². The fraction of sp³-hybridized carbons (Fsp3) is 0.190. The molecule has 3 N–H and O–H groups in total. The first kappa shape index (κ1) is 17.7. The number of aryl methyl sites for hydroxylation is 2. The van der Waals surface area contributed by atoms with Crippen LogP contribution in [-0.2, 0) is 11.2 Å². The summed E-state index contributed by atoms with van der Waals surface area (Å²) in [6, 6.07) is 9.83. The highest BCUT2D eigenvalue weighted by atomic mass is 19.1. The van der Waals surface area contributed by atoms with Crippen molar-refractivity contribution in [1.82, 2.24) is 10.3 Å². The second-order valence-electron chi connectivity index (χ2n) is 6.31. The molecule has 0 unspecified atom stereocenters. The number of hydrogen-bond acceptors (Lipinski definition) is 2. The van der Waals surface area contributed by atoms with Crippen molar-refractivity contribution < 1.29 is 14.3 Å². The van der Waals surface area contributed by atoms with Crippen LogP contribution in [0.3, 0.4) is 0 Å². The number of nitrogens with one attached hydrogen (secondary N) is 2. The number of fused-ring (bicyclic) bond motifs is 1. The summed E-state index contributed by atoms with van der Waals surface area (Å²) in [5, 5.41) is 13.0. The number of carbonyl (C=O) groups excluding carboxylic acids is 1. The summed E-state index contributed by atoms with van der Waals surface area (Å²) in [6.45, 7) is 4.33. The van der Waals surface area contributed by atoms with Crippen molar-refractivity contribution in [2.75, 3.05) is 6.54 Å². The van der Waals surface area contributed by atoms with Gasteiger partial charge in [-0.2, -0.15) is 0 Å². The smallest absolute Gasteiger partial charge is 0.244 e. The van der Waals surface area contributed by atoms with E-state index in [4.69, 9.17) is 0 Å². The highest BCUT2D eigenvalue weighted by Crippen LogP contribution is 2.27. The van der Waals surface area contributed by atoms with Crippen LogP contribution in [0.5, 0.6) is 5.75 Å². The molecule has 2 aromatic carbocycles. The minimum atomic E-state index is -0.263. The van der Waals surface area contributed by atoms with Gasteiger partial charge in [0.2, 0.25) is 5.91 Å². The molecule has 0 fully saturated rings. The number of aromatic nitrogens is 1. The van der Waals surface area contributed by atoms with E-state index in [-0.39, 0.29) is 17.5 Å². The number of aromatic hydroxyl groups is 1. The molecule has 0 spiro atoms. The van der Waals surface area contributed by atoms with Crippen molar-refractivity contribution in [2.24, 2.45) is 0 Å². The molecule has 3 aromatic rings. The number of phenolic OH excluding ortho intramolecular Hbond substituents is 1. The average molecular weight is 352 g/mol. The maximum Gasteiger partial charge on any atom is 0.244 e. The summed E-state index contributed by atoms with van der Waals surface area (Å²) < 4.78 is 14.0. The molecule has 0 aliphatic heterocycles. The molecule has 0 bridgehead atoms. The molecule has 3 rings (SSSR count). The average Bonchev–Trinajstić information content (AvgIpc) is 2.96. The van der Waals surface area contributed by atoms with E-state index in [0.29, 0.717) is 18.5 Å². The molecule has 0 aliphatic carbocycles. The first-order valence-electron chi connectivity index (χ1n) is 8.47. The van der Waals surface area contributed by atoms with Crippen molar-refractivity contribution in [3.05, 3.63) is 70.7 Å². The Bertz CT molecular complexity index is 972. The highest BCUT2D eigenvalue weighted by Gasteiger charge is 2.13. The third-order valence-corrected chi connectivity index (χ3v) is 4.42.